The molecule has 1 N–H and O–H groups in total. The lowest BCUT2D eigenvalue weighted by Crippen LogP contribution is -2.25. The van der Waals surface area contributed by atoms with E-state index in [9.17, 15) is 0 Å². The normalized spacial score (nSPS) is 18.5. The van der Waals surface area contributed by atoms with E-state index in [-0.39, 0.29) is 6.04 Å². The number of hydrogen-bond donors (Lipinski definition) is 1. The zero-order valence-electron chi connectivity index (χ0n) is 12.7. The van der Waals surface area contributed by atoms with Gasteiger partial charge in [0.05, 0.1) is 25.9 Å². The first-order valence-electron chi connectivity index (χ1n) is 7.77. The summed E-state index contributed by atoms with van der Waals surface area (Å²) in [7, 11) is 3.70. The van der Waals surface area contributed by atoms with Crippen molar-refractivity contribution < 1.29 is 9.47 Å². The van der Waals surface area contributed by atoms with Gasteiger partial charge in [0.25, 0.3) is 0 Å². The molecule has 20 heavy (non-hydrogen) atoms. The van der Waals surface area contributed by atoms with Gasteiger partial charge >= 0.3 is 0 Å². The Morgan fingerprint density at radius 3 is 2.50 bits per heavy atom. The number of rotatable bonds is 6. The van der Waals surface area contributed by atoms with Crippen LogP contribution in [0.25, 0.3) is 0 Å². The van der Waals surface area contributed by atoms with Crippen LogP contribution in [-0.4, -0.2) is 26.9 Å². The van der Waals surface area contributed by atoms with Crippen molar-refractivity contribution in [1.82, 2.24) is 5.32 Å². The zero-order chi connectivity index (χ0) is 14.2. The van der Waals surface area contributed by atoms with Crippen LogP contribution >= 0.6 is 0 Å². The van der Waals surface area contributed by atoms with Gasteiger partial charge in [-0.15, -0.1) is 0 Å². The minimum atomic E-state index is 0.189. The third-order valence-electron chi connectivity index (χ3n) is 4.16. The number of methoxy groups -OCH3 is 1. The molecule has 0 aromatic heterocycles. The summed E-state index contributed by atoms with van der Waals surface area (Å²) in [6, 6.07) is 8.35. The van der Waals surface area contributed by atoms with Crippen LogP contribution in [0.1, 0.15) is 50.1 Å². The van der Waals surface area contributed by atoms with Crippen LogP contribution in [0, 0.1) is 0 Å². The molecule has 3 heteroatoms. The van der Waals surface area contributed by atoms with E-state index in [0.29, 0.717) is 12.7 Å². The molecule has 0 bridgehead atoms. The van der Waals surface area contributed by atoms with E-state index < -0.39 is 0 Å². The van der Waals surface area contributed by atoms with Gasteiger partial charge in [-0.2, -0.15) is 0 Å². The molecule has 1 saturated carbocycles. The summed E-state index contributed by atoms with van der Waals surface area (Å²) < 4.78 is 11.6. The molecule has 0 spiro atoms. The summed E-state index contributed by atoms with van der Waals surface area (Å²) in [5, 5.41) is 3.34. The predicted molar refractivity (Wildman–Crippen MR) is 82.2 cm³/mol. The van der Waals surface area contributed by atoms with Gasteiger partial charge in [0.15, 0.2) is 0 Å². The molecule has 0 aliphatic heterocycles. The van der Waals surface area contributed by atoms with Gasteiger partial charge < -0.3 is 14.8 Å². The summed E-state index contributed by atoms with van der Waals surface area (Å²) in [5.74, 6) is 0.927. The van der Waals surface area contributed by atoms with Crippen LogP contribution in [0.15, 0.2) is 24.3 Å². The van der Waals surface area contributed by atoms with E-state index in [1.807, 2.05) is 25.2 Å². The van der Waals surface area contributed by atoms with E-state index in [2.05, 4.69) is 11.4 Å². The molecular weight excluding hydrogens is 250 g/mol. The minimum Gasteiger partial charge on any atom is -0.496 e. The maximum atomic E-state index is 6.15. The Bertz CT molecular complexity index is 386. The van der Waals surface area contributed by atoms with Crippen LogP contribution in [-0.2, 0) is 4.74 Å². The second kappa shape index (κ2) is 8.28. The van der Waals surface area contributed by atoms with Crippen molar-refractivity contribution in [3.05, 3.63) is 29.8 Å². The number of benzene rings is 1. The topological polar surface area (TPSA) is 30.5 Å². The zero-order valence-corrected chi connectivity index (χ0v) is 12.7. The third kappa shape index (κ3) is 4.22. The van der Waals surface area contributed by atoms with E-state index >= 15 is 0 Å². The molecule has 3 nitrogen and oxygen atoms in total. The van der Waals surface area contributed by atoms with Gasteiger partial charge in [0, 0.05) is 5.56 Å². The number of hydrogen-bond acceptors (Lipinski definition) is 3. The third-order valence-corrected chi connectivity index (χ3v) is 4.16. The van der Waals surface area contributed by atoms with Crippen molar-refractivity contribution in [3.8, 4) is 5.75 Å². The molecule has 2 rings (SSSR count). The summed E-state index contributed by atoms with van der Waals surface area (Å²) in [5.41, 5.74) is 1.17. The van der Waals surface area contributed by atoms with Crippen LogP contribution < -0.4 is 10.1 Å². The Morgan fingerprint density at radius 2 is 1.85 bits per heavy atom. The summed E-state index contributed by atoms with van der Waals surface area (Å²) >= 11 is 0. The van der Waals surface area contributed by atoms with Crippen LogP contribution in [0.5, 0.6) is 5.75 Å². The lowest BCUT2D eigenvalue weighted by Gasteiger charge is -2.23. The molecule has 1 aliphatic rings. The first-order chi connectivity index (χ1) is 9.85. The predicted octanol–water partition coefficient (Wildman–Crippen LogP) is 3.70. The van der Waals surface area contributed by atoms with Gasteiger partial charge in [0.2, 0.25) is 0 Å². The average Bonchev–Trinajstić information content (AvgIpc) is 2.77. The van der Waals surface area contributed by atoms with Gasteiger partial charge in [0.1, 0.15) is 5.75 Å². The largest absolute Gasteiger partial charge is 0.496 e. The molecule has 1 aromatic carbocycles. The molecular formula is C17H27NO2. The van der Waals surface area contributed by atoms with Crippen LogP contribution in [0.2, 0.25) is 0 Å². The standard InChI is InChI=1S/C17H27NO2/c1-18-16(15-11-7-8-12-17(15)19-2)13-20-14-9-5-3-4-6-10-14/h7-8,11-12,14,16,18H,3-6,9-10,13H2,1-2H3. The second-order valence-electron chi connectivity index (χ2n) is 5.53. The Hall–Kier alpha value is -1.06. The molecule has 112 valence electrons. The van der Waals surface area contributed by atoms with Crippen LogP contribution in [0.3, 0.4) is 0 Å². The van der Waals surface area contributed by atoms with Crippen molar-refractivity contribution >= 4 is 0 Å². The van der Waals surface area contributed by atoms with E-state index in [0.717, 1.165) is 5.75 Å². The quantitative estimate of drug-likeness (QED) is 0.804. The second-order valence-corrected chi connectivity index (χ2v) is 5.53. The van der Waals surface area contributed by atoms with Crippen molar-refractivity contribution in [2.45, 2.75) is 50.7 Å². The van der Waals surface area contributed by atoms with Gasteiger partial charge in [-0.1, -0.05) is 43.9 Å². The fourth-order valence-electron chi connectivity index (χ4n) is 2.92. The molecule has 1 unspecified atom stereocenters. The smallest absolute Gasteiger partial charge is 0.123 e. The maximum absolute atomic E-state index is 6.15. The Balaban J connectivity index is 1.94. The SMILES string of the molecule is CNC(COC1CCCCCC1)c1ccccc1OC. The highest BCUT2D eigenvalue weighted by atomic mass is 16.5. The van der Waals surface area contributed by atoms with Gasteiger partial charge in [-0.3, -0.25) is 0 Å². The first kappa shape index (κ1) is 15.3. The highest BCUT2D eigenvalue weighted by Gasteiger charge is 2.18. The fourth-order valence-corrected chi connectivity index (χ4v) is 2.92. The number of likely N-dealkylation sites (N-methyl/N-ethyl adjacent to an activating group) is 1. The van der Waals surface area contributed by atoms with Crippen molar-refractivity contribution in [2.24, 2.45) is 0 Å². The molecule has 1 fully saturated rings. The van der Waals surface area contributed by atoms with Crippen molar-refractivity contribution in [1.29, 1.82) is 0 Å². The molecule has 1 aliphatic carbocycles. The summed E-state index contributed by atoms with van der Waals surface area (Å²) in [6.45, 7) is 0.710. The lowest BCUT2D eigenvalue weighted by atomic mass is 10.1. The summed E-state index contributed by atoms with van der Waals surface area (Å²) in [4.78, 5) is 0. The Morgan fingerprint density at radius 1 is 1.15 bits per heavy atom. The monoisotopic (exact) mass is 277 g/mol. The molecule has 0 heterocycles. The number of nitrogens with one attached hydrogen (secondary N) is 1. The Labute approximate surface area is 122 Å². The first-order valence-corrected chi connectivity index (χ1v) is 7.77. The maximum Gasteiger partial charge on any atom is 0.123 e. The average molecular weight is 277 g/mol. The van der Waals surface area contributed by atoms with Gasteiger partial charge in [-0.05, 0) is 26.0 Å². The van der Waals surface area contributed by atoms with E-state index in [4.69, 9.17) is 9.47 Å². The molecule has 1 atom stereocenters. The minimum absolute atomic E-state index is 0.189. The Kier molecular flexibility index (Phi) is 6.34. The summed E-state index contributed by atoms with van der Waals surface area (Å²) in [6.07, 6.45) is 8.20. The lowest BCUT2D eigenvalue weighted by molar-refractivity contribution is 0.0296. The highest BCUT2D eigenvalue weighted by molar-refractivity contribution is 5.35. The molecule has 1 aromatic rings. The number of ether oxygens (including phenoxy) is 2. The van der Waals surface area contributed by atoms with Crippen LogP contribution in [0.4, 0.5) is 0 Å². The van der Waals surface area contributed by atoms with E-state index in [1.54, 1.807) is 7.11 Å². The highest BCUT2D eigenvalue weighted by Crippen LogP contribution is 2.26. The molecule has 0 radical (unpaired) electrons. The number of para-hydroxylation sites is 1. The molecule has 0 amide bonds. The van der Waals surface area contributed by atoms with Crippen molar-refractivity contribution in [2.75, 3.05) is 20.8 Å². The molecule has 0 saturated heterocycles. The van der Waals surface area contributed by atoms with Crippen molar-refractivity contribution in [3.63, 3.8) is 0 Å². The fraction of sp³-hybridized carbons (Fsp3) is 0.647. The van der Waals surface area contributed by atoms with E-state index in [1.165, 1.54) is 44.1 Å². The van der Waals surface area contributed by atoms with Gasteiger partial charge in [-0.25, -0.2) is 0 Å².